The van der Waals surface area contributed by atoms with Crippen molar-refractivity contribution in [3.8, 4) is 6.07 Å². The Bertz CT molecular complexity index is 117. The van der Waals surface area contributed by atoms with Crippen LogP contribution in [-0.2, 0) is 4.74 Å². The number of halogens is 1. The summed E-state index contributed by atoms with van der Waals surface area (Å²) < 4.78 is 4.51. The van der Waals surface area contributed by atoms with E-state index in [0.29, 0.717) is 13.2 Å². The number of hydrogen-bond acceptors (Lipinski definition) is 2. The van der Waals surface area contributed by atoms with E-state index in [1.807, 2.05) is 6.92 Å². The summed E-state index contributed by atoms with van der Waals surface area (Å²) in [6, 6.07) is 2.07. The van der Waals surface area contributed by atoms with E-state index in [4.69, 9.17) is 10.00 Å². The molecule has 1 unspecified atom stereocenters. The summed E-state index contributed by atoms with van der Waals surface area (Å²) in [6.07, 6.45) is 0. The van der Waals surface area contributed by atoms with Gasteiger partial charge in [0.2, 0.25) is 0 Å². The minimum absolute atomic E-state index is 0.444. The average molecular weight is 192 g/mol. The van der Waals surface area contributed by atoms with E-state index in [0.717, 1.165) is 0 Å². The molecule has 52 valence electrons. The standard InChI is InChI=1S/C6H10BrNO/c1-3-9-5-6(2,7)4-8/h3,5H2,1-2H3. The molecule has 0 aromatic carbocycles. The number of alkyl halides is 1. The minimum Gasteiger partial charge on any atom is -0.379 e. The zero-order chi connectivity index (χ0) is 7.33. The largest absolute Gasteiger partial charge is 0.379 e. The highest BCUT2D eigenvalue weighted by Crippen LogP contribution is 2.15. The molecule has 0 aromatic rings. The first-order valence-corrected chi connectivity index (χ1v) is 3.59. The molecule has 0 rings (SSSR count). The van der Waals surface area contributed by atoms with E-state index >= 15 is 0 Å². The molecule has 0 spiro atoms. The molecule has 9 heavy (non-hydrogen) atoms. The van der Waals surface area contributed by atoms with Gasteiger partial charge in [0.05, 0.1) is 12.7 Å². The normalized spacial score (nSPS) is 16.2. The maximum atomic E-state index is 8.44. The zero-order valence-electron chi connectivity index (χ0n) is 5.65. The lowest BCUT2D eigenvalue weighted by Gasteiger charge is -2.11. The van der Waals surface area contributed by atoms with Crippen molar-refractivity contribution in [2.45, 2.75) is 18.2 Å². The van der Waals surface area contributed by atoms with Crippen LogP contribution in [0.1, 0.15) is 13.8 Å². The fourth-order valence-corrected chi connectivity index (χ4v) is 0.488. The van der Waals surface area contributed by atoms with E-state index in [1.165, 1.54) is 0 Å². The summed E-state index contributed by atoms with van der Waals surface area (Å²) in [4.78, 5) is 0. The van der Waals surface area contributed by atoms with Gasteiger partial charge in [0, 0.05) is 6.61 Å². The van der Waals surface area contributed by atoms with Crippen molar-refractivity contribution >= 4 is 15.9 Å². The van der Waals surface area contributed by atoms with Crippen LogP contribution in [0.4, 0.5) is 0 Å². The van der Waals surface area contributed by atoms with E-state index in [-0.39, 0.29) is 0 Å². The van der Waals surface area contributed by atoms with Crippen molar-refractivity contribution in [3.05, 3.63) is 0 Å². The van der Waals surface area contributed by atoms with Crippen LogP contribution >= 0.6 is 15.9 Å². The zero-order valence-corrected chi connectivity index (χ0v) is 7.23. The first-order valence-electron chi connectivity index (χ1n) is 2.80. The molecule has 0 saturated heterocycles. The van der Waals surface area contributed by atoms with Gasteiger partial charge >= 0.3 is 0 Å². The quantitative estimate of drug-likeness (QED) is 0.637. The fourth-order valence-electron chi connectivity index (χ4n) is 0.326. The molecule has 1 atom stereocenters. The predicted molar refractivity (Wildman–Crippen MR) is 39.4 cm³/mol. The third kappa shape index (κ3) is 4.43. The van der Waals surface area contributed by atoms with Gasteiger partial charge in [0.25, 0.3) is 0 Å². The third-order valence-corrected chi connectivity index (χ3v) is 1.22. The second-order valence-electron chi connectivity index (χ2n) is 1.95. The fraction of sp³-hybridized carbons (Fsp3) is 0.833. The molecule has 0 aliphatic heterocycles. The van der Waals surface area contributed by atoms with Gasteiger partial charge < -0.3 is 4.74 Å². The van der Waals surface area contributed by atoms with Crippen LogP contribution in [0.5, 0.6) is 0 Å². The van der Waals surface area contributed by atoms with E-state index in [2.05, 4.69) is 22.0 Å². The van der Waals surface area contributed by atoms with Crippen molar-refractivity contribution in [3.63, 3.8) is 0 Å². The molecule has 2 nitrogen and oxygen atoms in total. The topological polar surface area (TPSA) is 33.0 Å². The molecular formula is C6H10BrNO. The number of hydrogen-bond donors (Lipinski definition) is 0. The van der Waals surface area contributed by atoms with Crippen molar-refractivity contribution in [2.24, 2.45) is 0 Å². The molecule has 0 aromatic heterocycles. The molecule has 0 saturated carbocycles. The van der Waals surface area contributed by atoms with Gasteiger partial charge in [-0.1, -0.05) is 15.9 Å². The van der Waals surface area contributed by atoms with Gasteiger partial charge in [0.1, 0.15) is 4.32 Å². The van der Waals surface area contributed by atoms with Crippen LogP contribution in [0.25, 0.3) is 0 Å². The molecule has 0 bridgehead atoms. The van der Waals surface area contributed by atoms with Crippen molar-refractivity contribution in [2.75, 3.05) is 13.2 Å². The summed E-state index contributed by atoms with van der Waals surface area (Å²) in [5, 5.41) is 8.44. The predicted octanol–water partition coefficient (Wildman–Crippen LogP) is 1.70. The van der Waals surface area contributed by atoms with E-state index in [1.54, 1.807) is 6.92 Å². The molecule has 3 heteroatoms. The number of ether oxygens (including phenoxy) is 1. The summed E-state index contributed by atoms with van der Waals surface area (Å²) in [7, 11) is 0. The Labute approximate surface area is 63.9 Å². The lowest BCUT2D eigenvalue weighted by atomic mass is 10.2. The molecule has 0 amide bonds. The Hall–Kier alpha value is -0.0700. The van der Waals surface area contributed by atoms with Crippen LogP contribution in [0.3, 0.4) is 0 Å². The summed E-state index contributed by atoms with van der Waals surface area (Å²) >= 11 is 3.20. The Balaban J connectivity index is 3.49. The lowest BCUT2D eigenvalue weighted by Crippen LogP contribution is -2.20. The van der Waals surface area contributed by atoms with Crippen molar-refractivity contribution in [1.29, 1.82) is 5.26 Å². The molecule has 0 N–H and O–H groups in total. The number of rotatable bonds is 3. The first kappa shape index (κ1) is 8.93. The van der Waals surface area contributed by atoms with Crippen LogP contribution in [-0.4, -0.2) is 17.5 Å². The van der Waals surface area contributed by atoms with Gasteiger partial charge in [-0.2, -0.15) is 5.26 Å². The van der Waals surface area contributed by atoms with E-state index in [9.17, 15) is 0 Å². The third-order valence-electron chi connectivity index (χ3n) is 0.810. The second-order valence-corrected chi connectivity index (χ2v) is 3.70. The summed E-state index contributed by atoms with van der Waals surface area (Å²) in [6.45, 7) is 4.78. The molecular weight excluding hydrogens is 182 g/mol. The summed E-state index contributed by atoms with van der Waals surface area (Å²) in [5.74, 6) is 0. The Morgan fingerprint density at radius 3 is 2.67 bits per heavy atom. The van der Waals surface area contributed by atoms with Gasteiger partial charge in [0.15, 0.2) is 0 Å². The molecule has 0 aliphatic rings. The SMILES string of the molecule is CCOCC(C)(Br)C#N. The summed E-state index contributed by atoms with van der Waals surface area (Å²) in [5.41, 5.74) is 0. The lowest BCUT2D eigenvalue weighted by molar-refractivity contribution is 0.141. The van der Waals surface area contributed by atoms with Crippen molar-refractivity contribution in [1.82, 2.24) is 0 Å². The average Bonchev–Trinajstić information content (AvgIpc) is 1.84. The maximum absolute atomic E-state index is 8.44. The van der Waals surface area contributed by atoms with E-state index < -0.39 is 4.32 Å². The smallest absolute Gasteiger partial charge is 0.132 e. The van der Waals surface area contributed by atoms with Crippen molar-refractivity contribution < 1.29 is 4.74 Å². The molecule has 0 radical (unpaired) electrons. The van der Waals surface area contributed by atoms with Crippen LogP contribution < -0.4 is 0 Å². The van der Waals surface area contributed by atoms with Gasteiger partial charge in [-0.05, 0) is 13.8 Å². The number of nitrogens with zero attached hydrogens (tertiary/aromatic N) is 1. The molecule has 0 heterocycles. The highest BCUT2D eigenvalue weighted by molar-refractivity contribution is 9.10. The van der Waals surface area contributed by atoms with Crippen LogP contribution in [0.15, 0.2) is 0 Å². The van der Waals surface area contributed by atoms with Crippen LogP contribution in [0.2, 0.25) is 0 Å². The van der Waals surface area contributed by atoms with Gasteiger partial charge in [-0.25, -0.2) is 0 Å². The first-order chi connectivity index (χ1) is 4.12. The van der Waals surface area contributed by atoms with Gasteiger partial charge in [-0.15, -0.1) is 0 Å². The monoisotopic (exact) mass is 191 g/mol. The Morgan fingerprint density at radius 2 is 2.33 bits per heavy atom. The Kier molecular flexibility index (Phi) is 3.83. The second kappa shape index (κ2) is 3.86. The van der Waals surface area contributed by atoms with Gasteiger partial charge in [-0.3, -0.25) is 0 Å². The number of nitriles is 1. The molecule has 0 aliphatic carbocycles. The highest BCUT2D eigenvalue weighted by atomic mass is 79.9. The highest BCUT2D eigenvalue weighted by Gasteiger charge is 2.18. The Morgan fingerprint density at radius 1 is 1.78 bits per heavy atom. The molecule has 0 fully saturated rings. The van der Waals surface area contributed by atoms with Crippen LogP contribution in [0, 0.1) is 11.3 Å². The maximum Gasteiger partial charge on any atom is 0.132 e. The minimum atomic E-state index is -0.511.